The molecule has 3 nitrogen and oxygen atoms in total. The van der Waals surface area contributed by atoms with Crippen LogP contribution in [0.4, 0.5) is 0 Å². The molecule has 1 aliphatic heterocycles. The molecule has 6 rings (SSSR count). The summed E-state index contributed by atoms with van der Waals surface area (Å²) in [5, 5.41) is 0. The van der Waals surface area contributed by atoms with Crippen LogP contribution < -0.4 is 0 Å². The summed E-state index contributed by atoms with van der Waals surface area (Å²) in [5.74, 6) is 5.83. The second kappa shape index (κ2) is 13.4. The van der Waals surface area contributed by atoms with Crippen molar-refractivity contribution >= 4 is 0 Å². The van der Waals surface area contributed by atoms with Crippen molar-refractivity contribution in [2.75, 3.05) is 19.6 Å². The van der Waals surface area contributed by atoms with Gasteiger partial charge in [0.2, 0.25) is 0 Å². The fourth-order valence-corrected chi connectivity index (χ4v) is 12.1. The van der Waals surface area contributed by atoms with E-state index in [1.54, 1.807) is 0 Å². The average molecular weight is 592 g/mol. The lowest BCUT2D eigenvalue weighted by atomic mass is 9.44. The van der Waals surface area contributed by atoms with Crippen LogP contribution in [0.25, 0.3) is 0 Å². The first-order valence-electron chi connectivity index (χ1n) is 18.8. The van der Waals surface area contributed by atoms with Gasteiger partial charge in [0.15, 0.2) is 0 Å². The van der Waals surface area contributed by atoms with Crippen molar-refractivity contribution in [2.24, 2.45) is 52.3 Å². The molecule has 0 N–H and O–H groups in total. The first-order valence-corrected chi connectivity index (χ1v) is 18.8. The van der Waals surface area contributed by atoms with Gasteiger partial charge in [-0.3, -0.25) is 0 Å². The molecule has 0 spiro atoms. The minimum absolute atomic E-state index is 0.449. The molecule has 1 heterocycles. The predicted molar refractivity (Wildman–Crippen MR) is 179 cm³/mol. The van der Waals surface area contributed by atoms with E-state index in [1.165, 1.54) is 102 Å². The summed E-state index contributed by atoms with van der Waals surface area (Å²) in [6.07, 6.45) is 17.6. The number of nitrogens with zero attached hydrogens (tertiary/aromatic N) is 1. The Morgan fingerprint density at radius 3 is 2.42 bits per heavy atom. The fraction of sp³-hybridized carbons (Fsp3) is 0.850. The molecule has 0 amide bonds. The van der Waals surface area contributed by atoms with Gasteiger partial charge < -0.3 is 14.4 Å². The van der Waals surface area contributed by atoms with Crippen molar-refractivity contribution in [1.29, 1.82) is 0 Å². The lowest BCUT2D eigenvalue weighted by Crippen LogP contribution is -2.54. The van der Waals surface area contributed by atoms with Gasteiger partial charge in [0, 0.05) is 6.54 Å². The molecule has 1 saturated heterocycles. The van der Waals surface area contributed by atoms with Crippen molar-refractivity contribution in [1.82, 2.24) is 4.90 Å². The molecule has 0 radical (unpaired) electrons. The maximum absolute atomic E-state index is 7.06. The zero-order valence-corrected chi connectivity index (χ0v) is 28.7. The Hall–Kier alpha value is -0.900. The third-order valence-corrected chi connectivity index (χ3v) is 14.1. The minimum Gasteiger partial charge on any atom is -0.374 e. The summed E-state index contributed by atoms with van der Waals surface area (Å²) in [4.78, 5) is 2.70. The average Bonchev–Trinajstić information content (AvgIpc) is 3.48. The summed E-state index contributed by atoms with van der Waals surface area (Å²) in [6.45, 7) is 19.7. The highest BCUT2D eigenvalue weighted by molar-refractivity contribution is 5.15. The number of fused-ring (bicyclic) bond motifs is 7. The van der Waals surface area contributed by atoms with Crippen molar-refractivity contribution in [3.8, 4) is 0 Å². The SMILES string of the molecule is CCCN(CCC)C[C@@H](C)CC[C@H]1O[C@H]2C[C@H]3[C@@H]4CC[C@@H]5C[C@@H](OCc6ccccc6)CC[C@]5(C)[C@H]4CC[C@]3(C)[C@H]2[C@@H]1C. The fourth-order valence-electron chi connectivity index (χ4n) is 12.1. The molecule has 4 aliphatic carbocycles. The van der Waals surface area contributed by atoms with Crippen LogP contribution in [0.1, 0.15) is 124 Å². The number of hydrogen-bond donors (Lipinski definition) is 0. The first-order chi connectivity index (χ1) is 20.8. The number of ether oxygens (including phenoxy) is 2. The standard InChI is InChI=1S/C40H65NO2/c1-7-22-41(23-8-2)26-28(3)14-17-36-29(4)38-37(43-36)25-35-33-16-15-31-24-32(42-27-30-12-10-9-11-13-30)18-20-39(31,5)34(33)19-21-40(35,38)6/h9-13,28-29,31-38H,7-8,14-27H2,1-6H3/t28-,29+,31+,32-,33+,34-,35-,36+,37-,38-,39-,40-/m0/s1. The van der Waals surface area contributed by atoms with Crippen LogP contribution in [0.2, 0.25) is 0 Å². The Labute approximate surface area is 265 Å². The van der Waals surface area contributed by atoms with E-state index >= 15 is 0 Å². The molecular weight excluding hydrogens is 526 g/mol. The molecule has 43 heavy (non-hydrogen) atoms. The Balaban J connectivity index is 1.04. The third kappa shape index (κ3) is 6.27. The zero-order valence-electron chi connectivity index (χ0n) is 28.7. The Kier molecular flexibility index (Phi) is 10.0. The topological polar surface area (TPSA) is 21.7 Å². The molecule has 12 atom stereocenters. The van der Waals surface area contributed by atoms with E-state index in [9.17, 15) is 0 Å². The molecule has 4 saturated carbocycles. The summed E-state index contributed by atoms with van der Waals surface area (Å²) in [5.41, 5.74) is 2.32. The van der Waals surface area contributed by atoms with Gasteiger partial charge in [0.05, 0.1) is 24.9 Å². The molecule has 5 fully saturated rings. The molecule has 0 unspecified atom stereocenters. The normalized spacial score (nSPS) is 42.7. The van der Waals surface area contributed by atoms with Gasteiger partial charge in [0.25, 0.3) is 0 Å². The summed E-state index contributed by atoms with van der Waals surface area (Å²) < 4.78 is 13.6. The van der Waals surface area contributed by atoms with Crippen LogP contribution in [0.5, 0.6) is 0 Å². The van der Waals surface area contributed by atoms with E-state index in [4.69, 9.17) is 9.47 Å². The Bertz CT molecular complexity index is 1020. The molecule has 1 aromatic rings. The van der Waals surface area contributed by atoms with Crippen LogP contribution >= 0.6 is 0 Å². The van der Waals surface area contributed by atoms with Crippen molar-refractivity contribution < 1.29 is 9.47 Å². The molecule has 242 valence electrons. The zero-order chi connectivity index (χ0) is 30.2. The lowest BCUT2D eigenvalue weighted by Gasteiger charge is -2.61. The Morgan fingerprint density at radius 2 is 1.67 bits per heavy atom. The predicted octanol–water partition coefficient (Wildman–Crippen LogP) is 9.78. The highest BCUT2D eigenvalue weighted by atomic mass is 16.5. The van der Waals surface area contributed by atoms with Crippen molar-refractivity contribution in [2.45, 2.75) is 144 Å². The van der Waals surface area contributed by atoms with Crippen LogP contribution in [0, 0.1) is 52.3 Å². The number of rotatable bonds is 12. The molecule has 0 bridgehead atoms. The lowest BCUT2D eigenvalue weighted by molar-refractivity contribution is -0.139. The van der Waals surface area contributed by atoms with Crippen molar-refractivity contribution in [3.05, 3.63) is 35.9 Å². The number of hydrogen-bond acceptors (Lipinski definition) is 3. The van der Waals surface area contributed by atoms with Gasteiger partial charge in [-0.25, -0.2) is 0 Å². The quantitative estimate of drug-likeness (QED) is 0.241. The minimum atomic E-state index is 0.449. The summed E-state index contributed by atoms with van der Waals surface area (Å²) in [6, 6.07) is 10.8. The smallest absolute Gasteiger partial charge is 0.0720 e. The van der Waals surface area contributed by atoms with Crippen LogP contribution in [-0.4, -0.2) is 42.8 Å². The Morgan fingerprint density at radius 1 is 0.930 bits per heavy atom. The van der Waals surface area contributed by atoms with Gasteiger partial charge in [-0.05, 0) is 148 Å². The summed E-state index contributed by atoms with van der Waals surface area (Å²) in [7, 11) is 0. The highest BCUT2D eigenvalue weighted by Gasteiger charge is 2.65. The number of benzene rings is 1. The maximum atomic E-state index is 7.06. The van der Waals surface area contributed by atoms with Crippen molar-refractivity contribution in [3.63, 3.8) is 0 Å². The van der Waals surface area contributed by atoms with E-state index in [-0.39, 0.29) is 0 Å². The highest BCUT2D eigenvalue weighted by Crippen LogP contribution is 2.70. The molecule has 0 aromatic heterocycles. The molecule has 1 aromatic carbocycles. The maximum Gasteiger partial charge on any atom is 0.0720 e. The third-order valence-electron chi connectivity index (χ3n) is 14.1. The van der Waals surface area contributed by atoms with Gasteiger partial charge >= 0.3 is 0 Å². The van der Waals surface area contributed by atoms with Gasteiger partial charge in [0.1, 0.15) is 0 Å². The van der Waals surface area contributed by atoms with E-state index in [0.717, 1.165) is 48.0 Å². The molecular formula is C40H65NO2. The van der Waals surface area contributed by atoms with Crippen LogP contribution in [-0.2, 0) is 16.1 Å². The summed E-state index contributed by atoms with van der Waals surface area (Å²) >= 11 is 0. The van der Waals surface area contributed by atoms with E-state index in [2.05, 4.69) is 76.8 Å². The van der Waals surface area contributed by atoms with Gasteiger partial charge in [-0.2, -0.15) is 0 Å². The van der Waals surface area contributed by atoms with E-state index in [0.29, 0.717) is 29.1 Å². The second-order valence-corrected chi connectivity index (χ2v) is 16.7. The largest absolute Gasteiger partial charge is 0.374 e. The monoisotopic (exact) mass is 592 g/mol. The van der Waals surface area contributed by atoms with E-state index < -0.39 is 0 Å². The van der Waals surface area contributed by atoms with Crippen LogP contribution in [0.3, 0.4) is 0 Å². The second-order valence-electron chi connectivity index (χ2n) is 16.7. The molecule has 3 heteroatoms. The first kappa shape index (κ1) is 32.1. The molecule has 5 aliphatic rings. The van der Waals surface area contributed by atoms with Crippen LogP contribution in [0.15, 0.2) is 30.3 Å². The van der Waals surface area contributed by atoms with Gasteiger partial charge in [-0.15, -0.1) is 0 Å². The van der Waals surface area contributed by atoms with Gasteiger partial charge in [-0.1, -0.05) is 71.9 Å². The van der Waals surface area contributed by atoms with E-state index in [1.807, 2.05) is 0 Å².